The molecular formula is C11H15BrN4S. The molecule has 0 saturated carbocycles. The van der Waals surface area contributed by atoms with Crippen molar-refractivity contribution < 1.29 is 0 Å². The van der Waals surface area contributed by atoms with E-state index in [-0.39, 0.29) is 6.04 Å². The number of hydrogen-bond donors (Lipinski definition) is 1. The first-order valence-corrected chi connectivity index (χ1v) is 7.28. The Bertz CT molecular complexity index is 466. The third-order valence-electron chi connectivity index (χ3n) is 2.58. The predicted molar refractivity (Wildman–Crippen MR) is 73.2 cm³/mol. The molecule has 1 unspecified atom stereocenters. The maximum Gasteiger partial charge on any atom is 0.0939 e. The number of aromatic nitrogens is 3. The molecule has 2 aromatic heterocycles. The molecule has 0 radical (unpaired) electrons. The van der Waals surface area contributed by atoms with Crippen molar-refractivity contribution in [2.75, 3.05) is 7.05 Å². The van der Waals surface area contributed by atoms with Crippen LogP contribution in [0.1, 0.15) is 30.8 Å². The standard InChI is InChI=1S/C11H15BrN4S/c1-3-4-16-11(8(12)5-15-16)10(13-2)9-6-17-7-14-9/h5-7,10,13H,3-4H2,1-2H3. The van der Waals surface area contributed by atoms with Crippen LogP contribution < -0.4 is 5.32 Å². The van der Waals surface area contributed by atoms with Gasteiger partial charge in [-0.25, -0.2) is 4.98 Å². The fourth-order valence-corrected chi connectivity index (χ4v) is 2.94. The van der Waals surface area contributed by atoms with Crippen LogP contribution in [0, 0.1) is 0 Å². The minimum absolute atomic E-state index is 0.0877. The molecule has 92 valence electrons. The summed E-state index contributed by atoms with van der Waals surface area (Å²) in [5.41, 5.74) is 4.03. The van der Waals surface area contributed by atoms with Gasteiger partial charge >= 0.3 is 0 Å². The first-order valence-electron chi connectivity index (χ1n) is 5.54. The summed E-state index contributed by atoms with van der Waals surface area (Å²) in [5.74, 6) is 0. The highest BCUT2D eigenvalue weighted by Gasteiger charge is 2.21. The van der Waals surface area contributed by atoms with Gasteiger partial charge in [-0.05, 0) is 29.4 Å². The summed E-state index contributed by atoms with van der Waals surface area (Å²) in [4.78, 5) is 4.38. The summed E-state index contributed by atoms with van der Waals surface area (Å²) in [6, 6.07) is 0.0877. The lowest BCUT2D eigenvalue weighted by Crippen LogP contribution is -2.22. The average Bonchev–Trinajstić information content (AvgIpc) is 2.94. The van der Waals surface area contributed by atoms with Crippen molar-refractivity contribution in [1.82, 2.24) is 20.1 Å². The van der Waals surface area contributed by atoms with Crippen molar-refractivity contribution in [3.05, 3.63) is 32.9 Å². The van der Waals surface area contributed by atoms with Crippen LogP contribution in [-0.4, -0.2) is 21.8 Å². The Morgan fingerprint density at radius 3 is 3.00 bits per heavy atom. The maximum atomic E-state index is 4.39. The summed E-state index contributed by atoms with van der Waals surface area (Å²) in [7, 11) is 1.94. The van der Waals surface area contributed by atoms with Gasteiger partial charge in [0.1, 0.15) is 0 Å². The van der Waals surface area contributed by atoms with Crippen LogP contribution in [-0.2, 0) is 6.54 Å². The number of nitrogens with one attached hydrogen (secondary N) is 1. The van der Waals surface area contributed by atoms with Crippen LogP contribution in [0.15, 0.2) is 21.6 Å². The van der Waals surface area contributed by atoms with Crippen LogP contribution in [0.2, 0.25) is 0 Å². The zero-order chi connectivity index (χ0) is 12.3. The number of halogens is 1. The van der Waals surface area contributed by atoms with Gasteiger partial charge in [0.15, 0.2) is 0 Å². The molecule has 0 aliphatic carbocycles. The largest absolute Gasteiger partial charge is 0.307 e. The second-order valence-corrected chi connectivity index (χ2v) is 5.31. The maximum absolute atomic E-state index is 4.39. The highest BCUT2D eigenvalue weighted by atomic mass is 79.9. The van der Waals surface area contributed by atoms with Crippen molar-refractivity contribution in [1.29, 1.82) is 0 Å². The van der Waals surface area contributed by atoms with Crippen LogP contribution >= 0.6 is 27.3 Å². The Morgan fingerprint density at radius 2 is 2.41 bits per heavy atom. The van der Waals surface area contributed by atoms with Gasteiger partial charge in [0.25, 0.3) is 0 Å². The lowest BCUT2D eigenvalue weighted by Gasteiger charge is -2.16. The van der Waals surface area contributed by atoms with E-state index in [4.69, 9.17) is 0 Å². The summed E-state index contributed by atoms with van der Waals surface area (Å²) >= 11 is 5.18. The zero-order valence-corrected chi connectivity index (χ0v) is 12.3. The van der Waals surface area contributed by atoms with Gasteiger partial charge < -0.3 is 5.32 Å². The minimum atomic E-state index is 0.0877. The fraction of sp³-hybridized carbons (Fsp3) is 0.455. The molecule has 0 aromatic carbocycles. The molecule has 0 saturated heterocycles. The molecule has 2 rings (SSSR count). The molecule has 2 heterocycles. The topological polar surface area (TPSA) is 42.7 Å². The van der Waals surface area contributed by atoms with Gasteiger partial charge in [0.2, 0.25) is 0 Å². The minimum Gasteiger partial charge on any atom is -0.307 e. The average molecular weight is 315 g/mol. The van der Waals surface area contributed by atoms with Crippen LogP contribution in [0.4, 0.5) is 0 Å². The van der Waals surface area contributed by atoms with E-state index in [0.717, 1.165) is 28.8 Å². The summed E-state index contributed by atoms with van der Waals surface area (Å²) in [6.45, 7) is 3.07. The van der Waals surface area contributed by atoms with Crippen LogP contribution in [0.3, 0.4) is 0 Å². The molecule has 2 aromatic rings. The lowest BCUT2D eigenvalue weighted by atomic mass is 10.1. The van der Waals surface area contributed by atoms with Crippen molar-refractivity contribution in [3.63, 3.8) is 0 Å². The molecule has 0 fully saturated rings. The van der Waals surface area contributed by atoms with E-state index in [2.05, 4.69) is 43.6 Å². The number of hydrogen-bond acceptors (Lipinski definition) is 4. The smallest absolute Gasteiger partial charge is 0.0939 e. The van der Waals surface area contributed by atoms with Gasteiger partial charge in [-0.2, -0.15) is 5.10 Å². The normalized spacial score (nSPS) is 12.9. The van der Waals surface area contributed by atoms with Crippen LogP contribution in [0.25, 0.3) is 0 Å². The van der Waals surface area contributed by atoms with Crippen molar-refractivity contribution >= 4 is 27.3 Å². The summed E-state index contributed by atoms with van der Waals surface area (Å²) < 4.78 is 3.06. The summed E-state index contributed by atoms with van der Waals surface area (Å²) in [5, 5.41) is 9.76. The number of thiazole rings is 1. The second-order valence-electron chi connectivity index (χ2n) is 3.74. The summed E-state index contributed by atoms with van der Waals surface area (Å²) in [6.07, 6.45) is 2.91. The van der Waals surface area contributed by atoms with E-state index < -0.39 is 0 Å². The molecule has 1 atom stereocenters. The highest BCUT2D eigenvalue weighted by molar-refractivity contribution is 9.10. The third kappa shape index (κ3) is 2.59. The highest BCUT2D eigenvalue weighted by Crippen LogP contribution is 2.28. The van der Waals surface area contributed by atoms with Gasteiger partial charge in [0, 0.05) is 11.9 Å². The van der Waals surface area contributed by atoms with E-state index in [9.17, 15) is 0 Å². The first kappa shape index (κ1) is 12.7. The Labute approximate surface area is 113 Å². The molecule has 17 heavy (non-hydrogen) atoms. The zero-order valence-electron chi connectivity index (χ0n) is 9.85. The molecule has 4 nitrogen and oxygen atoms in total. The molecule has 0 aliphatic rings. The van der Waals surface area contributed by atoms with E-state index in [1.807, 2.05) is 23.4 Å². The van der Waals surface area contributed by atoms with Crippen LogP contribution in [0.5, 0.6) is 0 Å². The lowest BCUT2D eigenvalue weighted by molar-refractivity contribution is 0.529. The first-order chi connectivity index (χ1) is 8.27. The SMILES string of the molecule is CCCn1ncc(Br)c1C(NC)c1cscn1. The van der Waals surface area contributed by atoms with Crippen molar-refractivity contribution in [2.24, 2.45) is 0 Å². The monoisotopic (exact) mass is 314 g/mol. The fourth-order valence-electron chi connectivity index (χ4n) is 1.84. The molecule has 0 spiro atoms. The van der Waals surface area contributed by atoms with E-state index in [1.165, 1.54) is 0 Å². The van der Waals surface area contributed by atoms with Crippen molar-refractivity contribution in [3.8, 4) is 0 Å². The van der Waals surface area contributed by atoms with Gasteiger partial charge in [-0.1, -0.05) is 6.92 Å². The van der Waals surface area contributed by atoms with E-state index in [0.29, 0.717) is 0 Å². The Balaban J connectivity index is 2.39. The van der Waals surface area contributed by atoms with Crippen molar-refractivity contribution in [2.45, 2.75) is 25.9 Å². The molecule has 0 bridgehead atoms. The van der Waals surface area contributed by atoms with Gasteiger partial charge in [0.05, 0.1) is 33.6 Å². The molecule has 1 N–H and O–H groups in total. The van der Waals surface area contributed by atoms with Gasteiger partial charge in [-0.3, -0.25) is 4.68 Å². The third-order valence-corrected chi connectivity index (χ3v) is 3.79. The molecule has 0 amide bonds. The molecule has 6 heteroatoms. The Morgan fingerprint density at radius 1 is 1.59 bits per heavy atom. The number of rotatable bonds is 5. The number of aryl methyl sites for hydroxylation is 1. The molecular weight excluding hydrogens is 300 g/mol. The molecule has 0 aliphatic heterocycles. The van der Waals surface area contributed by atoms with E-state index >= 15 is 0 Å². The quantitative estimate of drug-likeness (QED) is 0.922. The van der Waals surface area contributed by atoms with Gasteiger partial charge in [-0.15, -0.1) is 11.3 Å². The predicted octanol–water partition coefficient (Wildman–Crippen LogP) is 2.82. The Kier molecular flexibility index (Phi) is 4.31. The second kappa shape index (κ2) is 5.75. The Hall–Kier alpha value is -0.720. The number of nitrogens with zero attached hydrogens (tertiary/aromatic N) is 3. The van der Waals surface area contributed by atoms with E-state index in [1.54, 1.807) is 11.3 Å².